The molecule has 3 aromatic rings. The highest BCUT2D eigenvalue weighted by atomic mass is 19.1. The fourth-order valence-corrected chi connectivity index (χ4v) is 3.47. The summed E-state index contributed by atoms with van der Waals surface area (Å²) in [5, 5.41) is 10.9. The standard InChI is InChI=1S/C20H23FN6O2/c1-13-7-8-14(11-16(13)21)19-24-18(29-26-19)10-9-17(28)23-20-22-12-27(25-20)15-5-3-2-4-6-15/h7-8,11-12,15H,2-6,9-10H2,1H3,(H,23,25,28). The van der Waals surface area contributed by atoms with Crippen molar-refractivity contribution in [2.45, 2.75) is 57.9 Å². The zero-order chi connectivity index (χ0) is 20.2. The number of rotatable bonds is 6. The Morgan fingerprint density at radius 3 is 2.93 bits per heavy atom. The molecule has 1 fully saturated rings. The maximum absolute atomic E-state index is 13.7. The van der Waals surface area contributed by atoms with E-state index in [9.17, 15) is 9.18 Å². The highest BCUT2D eigenvalue weighted by Gasteiger charge is 2.18. The second-order valence-electron chi connectivity index (χ2n) is 7.36. The third-order valence-corrected chi connectivity index (χ3v) is 5.17. The van der Waals surface area contributed by atoms with E-state index in [1.54, 1.807) is 25.4 Å². The van der Waals surface area contributed by atoms with Gasteiger partial charge >= 0.3 is 0 Å². The topological polar surface area (TPSA) is 98.7 Å². The van der Waals surface area contributed by atoms with E-state index in [2.05, 4.69) is 25.5 Å². The Balaban J connectivity index is 1.30. The number of halogens is 1. The van der Waals surface area contributed by atoms with Gasteiger partial charge in [0.05, 0.1) is 6.04 Å². The van der Waals surface area contributed by atoms with Crippen molar-refractivity contribution in [1.82, 2.24) is 24.9 Å². The average molecular weight is 398 g/mol. The largest absolute Gasteiger partial charge is 0.339 e. The Morgan fingerprint density at radius 2 is 2.14 bits per heavy atom. The van der Waals surface area contributed by atoms with Gasteiger partial charge in [-0.1, -0.05) is 36.6 Å². The first kappa shape index (κ1) is 19.2. The lowest BCUT2D eigenvalue weighted by Crippen LogP contribution is -2.16. The van der Waals surface area contributed by atoms with Gasteiger partial charge in [0.1, 0.15) is 12.1 Å². The summed E-state index contributed by atoms with van der Waals surface area (Å²) in [7, 11) is 0. The minimum absolute atomic E-state index is 0.155. The first-order valence-electron chi connectivity index (χ1n) is 9.88. The van der Waals surface area contributed by atoms with Gasteiger partial charge in [0.15, 0.2) is 0 Å². The van der Waals surface area contributed by atoms with Crippen molar-refractivity contribution >= 4 is 11.9 Å². The molecule has 1 saturated carbocycles. The summed E-state index contributed by atoms with van der Waals surface area (Å²) in [6, 6.07) is 5.12. The Kier molecular flexibility index (Phi) is 5.64. The van der Waals surface area contributed by atoms with Crippen molar-refractivity contribution in [1.29, 1.82) is 0 Å². The number of anilines is 1. The second-order valence-corrected chi connectivity index (χ2v) is 7.36. The van der Waals surface area contributed by atoms with Crippen LogP contribution in [0.4, 0.5) is 10.3 Å². The van der Waals surface area contributed by atoms with Gasteiger partial charge in [-0.2, -0.15) is 4.98 Å². The van der Waals surface area contributed by atoms with Gasteiger partial charge in [0.2, 0.25) is 23.6 Å². The molecule has 8 nitrogen and oxygen atoms in total. The zero-order valence-electron chi connectivity index (χ0n) is 16.3. The predicted molar refractivity (Wildman–Crippen MR) is 104 cm³/mol. The molecule has 0 unspecified atom stereocenters. The summed E-state index contributed by atoms with van der Waals surface area (Å²) in [4.78, 5) is 20.6. The molecule has 1 amide bonds. The SMILES string of the molecule is Cc1ccc(-c2noc(CCC(=O)Nc3ncn(C4CCCCC4)n3)n2)cc1F. The minimum Gasteiger partial charge on any atom is -0.339 e. The van der Waals surface area contributed by atoms with Crippen molar-refractivity contribution in [3.63, 3.8) is 0 Å². The van der Waals surface area contributed by atoms with Crippen molar-refractivity contribution in [3.8, 4) is 11.4 Å². The molecule has 1 aliphatic rings. The first-order valence-corrected chi connectivity index (χ1v) is 9.88. The van der Waals surface area contributed by atoms with Crippen LogP contribution in [0.15, 0.2) is 29.0 Å². The van der Waals surface area contributed by atoms with E-state index >= 15 is 0 Å². The molecule has 0 bridgehead atoms. The van der Waals surface area contributed by atoms with Crippen LogP contribution in [0.2, 0.25) is 0 Å². The molecule has 0 radical (unpaired) electrons. The Labute approximate surface area is 167 Å². The molecular formula is C20H23FN6O2. The number of carbonyl (C=O) groups is 1. The molecule has 152 valence electrons. The number of amides is 1. The molecule has 29 heavy (non-hydrogen) atoms. The molecule has 2 heterocycles. The molecule has 0 aliphatic heterocycles. The van der Waals surface area contributed by atoms with Gasteiger partial charge < -0.3 is 4.52 Å². The van der Waals surface area contributed by atoms with Gasteiger partial charge in [0, 0.05) is 18.4 Å². The summed E-state index contributed by atoms with van der Waals surface area (Å²) in [5.74, 6) is 0.367. The Bertz CT molecular complexity index is 993. The summed E-state index contributed by atoms with van der Waals surface area (Å²) in [5.41, 5.74) is 1.08. The molecule has 0 saturated heterocycles. The number of aryl methyl sites for hydroxylation is 2. The smallest absolute Gasteiger partial charge is 0.248 e. The van der Waals surface area contributed by atoms with Crippen LogP contribution in [-0.2, 0) is 11.2 Å². The van der Waals surface area contributed by atoms with E-state index < -0.39 is 0 Å². The normalized spacial score (nSPS) is 14.8. The molecule has 0 spiro atoms. The third kappa shape index (κ3) is 4.67. The minimum atomic E-state index is -0.326. The number of aromatic nitrogens is 5. The second kappa shape index (κ2) is 8.50. The maximum atomic E-state index is 13.7. The maximum Gasteiger partial charge on any atom is 0.248 e. The number of benzene rings is 1. The van der Waals surface area contributed by atoms with E-state index in [1.807, 2.05) is 4.68 Å². The highest BCUT2D eigenvalue weighted by Crippen LogP contribution is 2.27. The summed E-state index contributed by atoms with van der Waals surface area (Å²) in [6.07, 6.45) is 7.98. The lowest BCUT2D eigenvalue weighted by molar-refractivity contribution is -0.116. The number of hydrogen-bond acceptors (Lipinski definition) is 6. The lowest BCUT2D eigenvalue weighted by Gasteiger charge is -2.21. The molecule has 9 heteroatoms. The van der Waals surface area contributed by atoms with Gasteiger partial charge in [0.25, 0.3) is 0 Å². The number of nitrogens with zero attached hydrogens (tertiary/aromatic N) is 5. The lowest BCUT2D eigenvalue weighted by atomic mass is 9.96. The zero-order valence-corrected chi connectivity index (χ0v) is 16.3. The van der Waals surface area contributed by atoms with Gasteiger partial charge in [-0.25, -0.2) is 14.1 Å². The molecule has 2 aromatic heterocycles. The van der Waals surface area contributed by atoms with Crippen LogP contribution in [0.5, 0.6) is 0 Å². The van der Waals surface area contributed by atoms with Gasteiger partial charge in [-0.3, -0.25) is 10.1 Å². The fraction of sp³-hybridized carbons (Fsp3) is 0.450. The van der Waals surface area contributed by atoms with Crippen LogP contribution in [0.25, 0.3) is 11.4 Å². The van der Waals surface area contributed by atoms with Crippen LogP contribution in [-0.4, -0.2) is 30.8 Å². The van der Waals surface area contributed by atoms with Crippen molar-refractivity contribution < 1.29 is 13.7 Å². The van der Waals surface area contributed by atoms with E-state index in [0.29, 0.717) is 34.8 Å². The molecule has 0 atom stereocenters. The van der Waals surface area contributed by atoms with E-state index in [1.165, 1.54) is 25.3 Å². The highest BCUT2D eigenvalue weighted by molar-refractivity contribution is 5.88. The quantitative estimate of drug-likeness (QED) is 0.677. The van der Waals surface area contributed by atoms with E-state index in [0.717, 1.165) is 12.8 Å². The summed E-state index contributed by atoms with van der Waals surface area (Å²) < 4.78 is 20.7. The molecule has 1 aromatic carbocycles. The van der Waals surface area contributed by atoms with Gasteiger partial charge in [-0.15, -0.1) is 5.10 Å². The first-order chi connectivity index (χ1) is 14.1. The van der Waals surface area contributed by atoms with Crippen molar-refractivity contribution in [3.05, 3.63) is 41.8 Å². The number of hydrogen-bond donors (Lipinski definition) is 1. The van der Waals surface area contributed by atoms with Crippen LogP contribution >= 0.6 is 0 Å². The molecule has 1 aliphatic carbocycles. The number of carbonyl (C=O) groups excluding carboxylic acids is 1. The number of nitrogens with one attached hydrogen (secondary N) is 1. The summed E-state index contributed by atoms with van der Waals surface area (Å²) in [6.45, 7) is 1.69. The predicted octanol–water partition coefficient (Wildman–Crippen LogP) is 3.85. The monoisotopic (exact) mass is 398 g/mol. The van der Waals surface area contributed by atoms with E-state index in [4.69, 9.17) is 4.52 Å². The van der Waals surface area contributed by atoms with Gasteiger partial charge in [-0.05, 0) is 31.4 Å². The average Bonchev–Trinajstić information content (AvgIpc) is 3.39. The molecule has 4 rings (SSSR count). The van der Waals surface area contributed by atoms with Crippen LogP contribution < -0.4 is 5.32 Å². The van der Waals surface area contributed by atoms with Crippen LogP contribution in [0.1, 0.15) is 56.0 Å². The molecule has 1 N–H and O–H groups in total. The fourth-order valence-electron chi connectivity index (χ4n) is 3.47. The van der Waals surface area contributed by atoms with Crippen molar-refractivity contribution in [2.75, 3.05) is 5.32 Å². The van der Waals surface area contributed by atoms with E-state index in [-0.39, 0.29) is 24.6 Å². The molecular weight excluding hydrogens is 375 g/mol. The summed E-state index contributed by atoms with van der Waals surface area (Å²) >= 11 is 0. The van der Waals surface area contributed by atoms with Crippen molar-refractivity contribution in [2.24, 2.45) is 0 Å². The Hall–Kier alpha value is -3.10. The van der Waals surface area contributed by atoms with Crippen LogP contribution in [0, 0.1) is 12.7 Å². The third-order valence-electron chi connectivity index (χ3n) is 5.17. The van der Waals surface area contributed by atoms with Crippen LogP contribution in [0.3, 0.4) is 0 Å². The Morgan fingerprint density at radius 1 is 1.31 bits per heavy atom.